The average Bonchev–Trinajstić information content (AvgIpc) is 3.18. The number of hydrogen-bond donors (Lipinski definition) is 2. The standard InChI is InChI=1S/C23H32N4O2/c1-17-5-7-18(8-6-17)14-25-23(24-2)26-20-9-10-27(16-20)15-19-11-21(28-3)13-22(12-19)29-4/h5-8,11-13,20H,9-10,14-16H2,1-4H3,(H2,24,25,26). The van der Waals surface area contributed by atoms with Crippen LogP contribution in [0.1, 0.15) is 23.1 Å². The summed E-state index contributed by atoms with van der Waals surface area (Å²) in [6, 6.07) is 15.0. The maximum atomic E-state index is 5.39. The number of benzene rings is 2. The quantitative estimate of drug-likeness (QED) is 0.557. The Morgan fingerprint density at radius 2 is 1.76 bits per heavy atom. The summed E-state index contributed by atoms with van der Waals surface area (Å²) in [6.07, 6.45) is 1.09. The molecular formula is C23H32N4O2. The van der Waals surface area contributed by atoms with E-state index in [-0.39, 0.29) is 0 Å². The molecule has 3 rings (SSSR count). The van der Waals surface area contributed by atoms with Gasteiger partial charge in [0.15, 0.2) is 5.96 Å². The van der Waals surface area contributed by atoms with E-state index >= 15 is 0 Å². The zero-order valence-electron chi connectivity index (χ0n) is 17.9. The monoisotopic (exact) mass is 396 g/mol. The molecule has 0 saturated carbocycles. The van der Waals surface area contributed by atoms with Crippen LogP contribution in [-0.4, -0.2) is 51.3 Å². The number of likely N-dealkylation sites (tertiary alicyclic amines) is 1. The van der Waals surface area contributed by atoms with Crippen LogP contribution in [0, 0.1) is 6.92 Å². The van der Waals surface area contributed by atoms with Gasteiger partial charge in [-0.2, -0.15) is 0 Å². The van der Waals surface area contributed by atoms with E-state index in [2.05, 4.69) is 63.8 Å². The van der Waals surface area contributed by atoms with Crippen molar-refractivity contribution in [3.05, 3.63) is 59.2 Å². The van der Waals surface area contributed by atoms with Crippen LogP contribution >= 0.6 is 0 Å². The molecule has 29 heavy (non-hydrogen) atoms. The molecule has 0 aromatic heterocycles. The first-order valence-corrected chi connectivity index (χ1v) is 10.1. The van der Waals surface area contributed by atoms with Crippen LogP contribution < -0.4 is 20.1 Å². The molecule has 6 nitrogen and oxygen atoms in total. The van der Waals surface area contributed by atoms with E-state index in [9.17, 15) is 0 Å². The smallest absolute Gasteiger partial charge is 0.191 e. The maximum Gasteiger partial charge on any atom is 0.191 e. The SMILES string of the molecule is CN=C(NCc1ccc(C)cc1)NC1CCN(Cc2cc(OC)cc(OC)c2)C1. The largest absolute Gasteiger partial charge is 0.497 e. The van der Waals surface area contributed by atoms with Gasteiger partial charge in [0.05, 0.1) is 14.2 Å². The molecule has 0 radical (unpaired) electrons. The Morgan fingerprint density at radius 1 is 1.07 bits per heavy atom. The predicted octanol–water partition coefficient (Wildman–Crippen LogP) is 2.95. The third-order valence-electron chi connectivity index (χ3n) is 5.23. The van der Waals surface area contributed by atoms with Crippen molar-refractivity contribution in [3.63, 3.8) is 0 Å². The molecule has 2 aromatic carbocycles. The van der Waals surface area contributed by atoms with Crippen LogP contribution in [0.5, 0.6) is 11.5 Å². The predicted molar refractivity (Wildman–Crippen MR) is 118 cm³/mol. The van der Waals surface area contributed by atoms with E-state index in [0.717, 1.165) is 50.1 Å². The van der Waals surface area contributed by atoms with E-state index in [4.69, 9.17) is 9.47 Å². The van der Waals surface area contributed by atoms with Gasteiger partial charge in [-0.05, 0) is 36.6 Å². The van der Waals surface area contributed by atoms with Crippen molar-refractivity contribution >= 4 is 5.96 Å². The number of rotatable bonds is 7. The lowest BCUT2D eigenvalue weighted by atomic mass is 10.1. The summed E-state index contributed by atoms with van der Waals surface area (Å²) in [7, 11) is 5.19. The van der Waals surface area contributed by atoms with Crippen LogP contribution in [0.3, 0.4) is 0 Å². The van der Waals surface area contributed by atoms with Gasteiger partial charge in [0.2, 0.25) is 0 Å². The Morgan fingerprint density at radius 3 is 2.38 bits per heavy atom. The second kappa shape index (κ2) is 10.2. The third-order valence-corrected chi connectivity index (χ3v) is 5.23. The molecule has 2 aromatic rings. The number of methoxy groups -OCH3 is 2. The molecule has 1 aliphatic heterocycles. The van der Waals surface area contributed by atoms with E-state index < -0.39 is 0 Å². The molecule has 1 heterocycles. The summed E-state index contributed by atoms with van der Waals surface area (Å²) in [5.41, 5.74) is 3.72. The van der Waals surface area contributed by atoms with Crippen LogP contribution in [0.2, 0.25) is 0 Å². The Labute approximate surface area is 173 Å². The minimum Gasteiger partial charge on any atom is -0.497 e. The highest BCUT2D eigenvalue weighted by atomic mass is 16.5. The third kappa shape index (κ3) is 6.12. The summed E-state index contributed by atoms with van der Waals surface area (Å²) >= 11 is 0. The molecule has 1 aliphatic rings. The van der Waals surface area contributed by atoms with Crippen molar-refractivity contribution in [2.45, 2.75) is 32.5 Å². The normalized spacial score (nSPS) is 17.2. The van der Waals surface area contributed by atoms with Crippen LogP contribution in [0.15, 0.2) is 47.5 Å². The first-order valence-electron chi connectivity index (χ1n) is 10.1. The fourth-order valence-electron chi connectivity index (χ4n) is 3.59. The van der Waals surface area contributed by atoms with E-state index in [1.165, 1.54) is 16.7 Å². The summed E-state index contributed by atoms with van der Waals surface area (Å²) in [5, 5.41) is 6.97. The van der Waals surface area contributed by atoms with Gasteiger partial charge in [0.25, 0.3) is 0 Å². The number of guanidine groups is 1. The van der Waals surface area contributed by atoms with E-state index in [1.54, 1.807) is 14.2 Å². The summed E-state index contributed by atoms with van der Waals surface area (Å²) in [5.74, 6) is 2.50. The van der Waals surface area contributed by atoms with Gasteiger partial charge in [-0.25, -0.2) is 0 Å². The molecule has 6 heteroatoms. The molecule has 2 N–H and O–H groups in total. The Hall–Kier alpha value is -2.73. The zero-order chi connectivity index (χ0) is 20.6. The van der Waals surface area contributed by atoms with Crippen molar-refractivity contribution in [1.82, 2.24) is 15.5 Å². The number of aryl methyl sites for hydroxylation is 1. The molecule has 0 spiro atoms. The Kier molecular flexibility index (Phi) is 7.36. The molecule has 0 bridgehead atoms. The number of ether oxygens (including phenoxy) is 2. The fourth-order valence-corrected chi connectivity index (χ4v) is 3.59. The minimum absolute atomic E-state index is 0.381. The van der Waals surface area contributed by atoms with Crippen LogP contribution in [-0.2, 0) is 13.1 Å². The lowest BCUT2D eigenvalue weighted by Gasteiger charge is -2.19. The van der Waals surface area contributed by atoms with Crippen molar-refractivity contribution in [2.75, 3.05) is 34.4 Å². The van der Waals surface area contributed by atoms with E-state index in [0.29, 0.717) is 6.04 Å². The van der Waals surface area contributed by atoms with Gasteiger partial charge in [0, 0.05) is 45.3 Å². The number of hydrogen-bond acceptors (Lipinski definition) is 4. The molecular weight excluding hydrogens is 364 g/mol. The van der Waals surface area contributed by atoms with Gasteiger partial charge >= 0.3 is 0 Å². The molecule has 1 saturated heterocycles. The Balaban J connectivity index is 1.50. The van der Waals surface area contributed by atoms with Crippen molar-refractivity contribution in [3.8, 4) is 11.5 Å². The van der Waals surface area contributed by atoms with Crippen molar-refractivity contribution in [2.24, 2.45) is 4.99 Å². The average molecular weight is 397 g/mol. The molecule has 1 atom stereocenters. The second-order valence-corrected chi connectivity index (χ2v) is 7.50. The first-order chi connectivity index (χ1) is 14.1. The highest BCUT2D eigenvalue weighted by molar-refractivity contribution is 5.80. The fraction of sp³-hybridized carbons (Fsp3) is 0.435. The number of nitrogens with one attached hydrogen (secondary N) is 2. The van der Waals surface area contributed by atoms with Crippen molar-refractivity contribution < 1.29 is 9.47 Å². The lowest BCUT2D eigenvalue weighted by Crippen LogP contribution is -2.44. The highest BCUT2D eigenvalue weighted by Crippen LogP contribution is 2.24. The van der Waals surface area contributed by atoms with Crippen LogP contribution in [0.4, 0.5) is 0 Å². The van der Waals surface area contributed by atoms with Gasteiger partial charge in [-0.3, -0.25) is 9.89 Å². The van der Waals surface area contributed by atoms with Gasteiger partial charge in [0.1, 0.15) is 11.5 Å². The number of aliphatic imine (C=N–C) groups is 1. The topological polar surface area (TPSA) is 58.1 Å². The maximum absolute atomic E-state index is 5.39. The zero-order valence-corrected chi connectivity index (χ0v) is 17.9. The van der Waals surface area contributed by atoms with Gasteiger partial charge in [-0.1, -0.05) is 29.8 Å². The summed E-state index contributed by atoms with van der Waals surface area (Å²) < 4.78 is 10.8. The van der Waals surface area contributed by atoms with Crippen LogP contribution in [0.25, 0.3) is 0 Å². The molecule has 0 aliphatic carbocycles. The highest BCUT2D eigenvalue weighted by Gasteiger charge is 2.23. The van der Waals surface area contributed by atoms with E-state index in [1.807, 2.05) is 13.1 Å². The Bertz CT molecular complexity index is 798. The summed E-state index contributed by atoms with van der Waals surface area (Å²) in [4.78, 5) is 6.82. The minimum atomic E-state index is 0.381. The number of nitrogens with zero attached hydrogens (tertiary/aromatic N) is 2. The first kappa shape index (κ1) is 21.0. The second-order valence-electron chi connectivity index (χ2n) is 7.50. The summed E-state index contributed by atoms with van der Waals surface area (Å²) in [6.45, 7) is 5.77. The molecule has 1 unspecified atom stereocenters. The van der Waals surface area contributed by atoms with Gasteiger partial charge in [-0.15, -0.1) is 0 Å². The molecule has 0 amide bonds. The molecule has 1 fully saturated rings. The molecule has 156 valence electrons. The van der Waals surface area contributed by atoms with Crippen molar-refractivity contribution in [1.29, 1.82) is 0 Å². The van der Waals surface area contributed by atoms with Gasteiger partial charge < -0.3 is 20.1 Å². The lowest BCUT2D eigenvalue weighted by molar-refractivity contribution is 0.321.